The molecule has 0 aliphatic rings. The van der Waals surface area contributed by atoms with Crippen molar-refractivity contribution in [3.05, 3.63) is 29.8 Å². The fourth-order valence-electron chi connectivity index (χ4n) is 1.81. The third-order valence-electron chi connectivity index (χ3n) is 3.04. The Bertz CT molecular complexity index is 393. The zero-order valence-corrected chi connectivity index (χ0v) is 12.2. The molecule has 0 fully saturated rings. The molecule has 1 rings (SSSR count). The molecule has 112 valence electrons. The Labute approximate surface area is 121 Å². The monoisotopic (exact) mass is 279 g/mol. The average molecular weight is 279 g/mol. The lowest BCUT2D eigenvalue weighted by Crippen LogP contribution is -2.25. The zero-order valence-electron chi connectivity index (χ0n) is 12.2. The summed E-state index contributed by atoms with van der Waals surface area (Å²) in [5, 5.41) is 12.5. The van der Waals surface area contributed by atoms with E-state index in [9.17, 15) is 9.90 Å². The van der Waals surface area contributed by atoms with E-state index in [-0.39, 0.29) is 11.7 Å². The predicted molar refractivity (Wildman–Crippen MR) is 79.8 cm³/mol. The van der Waals surface area contributed by atoms with Crippen LogP contribution in [0.1, 0.15) is 38.2 Å². The second-order valence-corrected chi connectivity index (χ2v) is 4.80. The van der Waals surface area contributed by atoms with Crippen LogP contribution in [0.3, 0.4) is 0 Å². The number of para-hydroxylation sites is 1. The molecule has 0 atom stereocenters. The molecule has 20 heavy (non-hydrogen) atoms. The lowest BCUT2D eigenvalue weighted by molar-refractivity contribution is -0.121. The van der Waals surface area contributed by atoms with E-state index < -0.39 is 0 Å². The Morgan fingerprint density at radius 3 is 2.75 bits per heavy atom. The van der Waals surface area contributed by atoms with Crippen LogP contribution in [0.2, 0.25) is 0 Å². The van der Waals surface area contributed by atoms with Gasteiger partial charge in [0.1, 0.15) is 5.75 Å². The van der Waals surface area contributed by atoms with Gasteiger partial charge in [0.15, 0.2) is 0 Å². The number of ether oxygens (including phenoxy) is 1. The van der Waals surface area contributed by atoms with Gasteiger partial charge in [-0.2, -0.15) is 0 Å². The standard InChI is InChI=1S/C16H25NO3/c1-2-3-12-20-13-6-11-17-16(19)10-9-14-7-4-5-8-15(14)18/h4-5,7-8,18H,2-3,6,9-13H2,1H3,(H,17,19). The molecule has 1 aromatic rings. The minimum Gasteiger partial charge on any atom is -0.508 e. The summed E-state index contributed by atoms with van der Waals surface area (Å²) in [7, 11) is 0. The minimum absolute atomic E-state index is 0.0156. The third-order valence-corrected chi connectivity index (χ3v) is 3.04. The molecular formula is C16H25NO3. The molecule has 0 radical (unpaired) electrons. The maximum atomic E-state index is 11.6. The van der Waals surface area contributed by atoms with E-state index in [1.807, 2.05) is 12.1 Å². The summed E-state index contributed by atoms with van der Waals surface area (Å²) in [6, 6.07) is 7.11. The van der Waals surface area contributed by atoms with Gasteiger partial charge in [0.2, 0.25) is 5.91 Å². The highest BCUT2D eigenvalue weighted by Gasteiger charge is 2.04. The van der Waals surface area contributed by atoms with Gasteiger partial charge < -0.3 is 15.2 Å². The molecule has 1 amide bonds. The van der Waals surface area contributed by atoms with Crippen LogP contribution >= 0.6 is 0 Å². The first-order valence-electron chi connectivity index (χ1n) is 7.35. The van der Waals surface area contributed by atoms with E-state index in [1.54, 1.807) is 12.1 Å². The molecule has 1 aromatic carbocycles. The van der Waals surface area contributed by atoms with Crippen molar-refractivity contribution in [1.29, 1.82) is 0 Å². The summed E-state index contributed by atoms with van der Waals surface area (Å²) < 4.78 is 5.42. The number of carbonyl (C=O) groups excluding carboxylic acids is 1. The van der Waals surface area contributed by atoms with Crippen LogP contribution < -0.4 is 5.32 Å². The average Bonchev–Trinajstić information content (AvgIpc) is 2.45. The van der Waals surface area contributed by atoms with Crippen molar-refractivity contribution in [2.24, 2.45) is 0 Å². The van der Waals surface area contributed by atoms with E-state index >= 15 is 0 Å². The first-order valence-corrected chi connectivity index (χ1v) is 7.35. The molecule has 2 N–H and O–H groups in total. The van der Waals surface area contributed by atoms with Gasteiger partial charge in [-0.25, -0.2) is 0 Å². The van der Waals surface area contributed by atoms with Crippen molar-refractivity contribution in [3.8, 4) is 5.75 Å². The van der Waals surface area contributed by atoms with Crippen LogP contribution in [-0.4, -0.2) is 30.8 Å². The quantitative estimate of drug-likeness (QED) is 0.647. The van der Waals surface area contributed by atoms with Crippen LogP contribution in [0.5, 0.6) is 5.75 Å². The summed E-state index contributed by atoms with van der Waals surface area (Å²) in [6.45, 7) is 4.28. The Kier molecular flexibility index (Phi) is 8.47. The molecule has 0 saturated heterocycles. The number of benzene rings is 1. The van der Waals surface area contributed by atoms with Crippen molar-refractivity contribution in [2.75, 3.05) is 19.8 Å². The van der Waals surface area contributed by atoms with Crippen molar-refractivity contribution in [2.45, 2.75) is 39.0 Å². The smallest absolute Gasteiger partial charge is 0.220 e. The third kappa shape index (κ3) is 7.14. The van der Waals surface area contributed by atoms with Crippen molar-refractivity contribution in [1.82, 2.24) is 5.32 Å². The first kappa shape index (κ1) is 16.5. The van der Waals surface area contributed by atoms with E-state index in [1.165, 1.54) is 0 Å². The Balaban J connectivity index is 2.05. The topological polar surface area (TPSA) is 58.6 Å². The van der Waals surface area contributed by atoms with Crippen LogP contribution in [-0.2, 0) is 16.0 Å². The molecule has 4 heteroatoms. The highest BCUT2D eigenvalue weighted by atomic mass is 16.5. The molecule has 0 aromatic heterocycles. The lowest BCUT2D eigenvalue weighted by Gasteiger charge is -2.07. The molecule has 0 saturated carbocycles. The summed E-state index contributed by atoms with van der Waals surface area (Å²) in [5.41, 5.74) is 0.811. The Morgan fingerprint density at radius 2 is 2.00 bits per heavy atom. The first-order chi connectivity index (χ1) is 9.74. The molecule has 0 aliphatic heterocycles. The molecule has 0 bridgehead atoms. The summed E-state index contributed by atoms with van der Waals surface area (Å²) in [6.07, 6.45) is 4.03. The maximum Gasteiger partial charge on any atom is 0.220 e. The van der Waals surface area contributed by atoms with Crippen molar-refractivity contribution in [3.63, 3.8) is 0 Å². The maximum absolute atomic E-state index is 11.6. The zero-order chi connectivity index (χ0) is 14.6. The molecule has 0 spiro atoms. The minimum atomic E-state index is 0.0156. The number of amides is 1. The highest BCUT2D eigenvalue weighted by Crippen LogP contribution is 2.16. The number of unbranched alkanes of at least 4 members (excludes halogenated alkanes) is 1. The number of hydrogen-bond donors (Lipinski definition) is 2. The summed E-state index contributed by atoms with van der Waals surface area (Å²) in [5.74, 6) is 0.270. The van der Waals surface area contributed by atoms with Gasteiger partial charge >= 0.3 is 0 Å². The second-order valence-electron chi connectivity index (χ2n) is 4.80. The number of phenolic OH excluding ortho intramolecular Hbond substituents is 1. The Morgan fingerprint density at radius 1 is 1.25 bits per heavy atom. The predicted octanol–water partition coefficient (Wildman–Crippen LogP) is 2.65. The summed E-state index contributed by atoms with van der Waals surface area (Å²) in [4.78, 5) is 11.6. The van der Waals surface area contributed by atoms with E-state index in [0.717, 1.165) is 31.4 Å². The van der Waals surface area contributed by atoms with Gasteiger partial charge in [0.25, 0.3) is 0 Å². The number of hydrogen-bond acceptors (Lipinski definition) is 3. The van der Waals surface area contributed by atoms with E-state index in [4.69, 9.17) is 4.74 Å². The number of phenols is 1. The van der Waals surface area contributed by atoms with E-state index in [0.29, 0.717) is 26.0 Å². The van der Waals surface area contributed by atoms with Crippen LogP contribution in [0.4, 0.5) is 0 Å². The number of carbonyl (C=O) groups is 1. The van der Waals surface area contributed by atoms with Gasteiger partial charge in [-0.3, -0.25) is 4.79 Å². The van der Waals surface area contributed by atoms with Crippen LogP contribution in [0.15, 0.2) is 24.3 Å². The molecular weight excluding hydrogens is 254 g/mol. The number of aryl methyl sites for hydroxylation is 1. The number of nitrogens with one attached hydrogen (secondary N) is 1. The highest BCUT2D eigenvalue weighted by molar-refractivity contribution is 5.76. The molecule has 0 heterocycles. The number of aromatic hydroxyl groups is 1. The van der Waals surface area contributed by atoms with Crippen LogP contribution in [0.25, 0.3) is 0 Å². The fraction of sp³-hybridized carbons (Fsp3) is 0.562. The van der Waals surface area contributed by atoms with Crippen molar-refractivity contribution < 1.29 is 14.6 Å². The van der Waals surface area contributed by atoms with Gasteiger partial charge in [-0.15, -0.1) is 0 Å². The van der Waals surface area contributed by atoms with Gasteiger partial charge in [-0.05, 0) is 30.9 Å². The van der Waals surface area contributed by atoms with Gasteiger partial charge in [0.05, 0.1) is 0 Å². The largest absolute Gasteiger partial charge is 0.508 e. The summed E-state index contributed by atoms with van der Waals surface area (Å²) >= 11 is 0. The van der Waals surface area contributed by atoms with E-state index in [2.05, 4.69) is 12.2 Å². The lowest BCUT2D eigenvalue weighted by atomic mass is 10.1. The fourth-order valence-corrected chi connectivity index (χ4v) is 1.81. The molecule has 0 aliphatic carbocycles. The SMILES string of the molecule is CCCCOCCCNC(=O)CCc1ccccc1O. The number of rotatable bonds is 10. The molecule has 0 unspecified atom stereocenters. The van der Waals surface area contributed by atoms with Gasteiger partial charge in [-0.1, -0.05) is 31.5 Å². The molecule has 4 nitrogen and oxygen atoms in total. The van der Waals surface area contributed by atoms with Gasteiger partial charge in [0, 0.05) is 26.2 Å². The van der Waals surface area contributed by atoms with Crippen molar-refractivity contribution >= 4 is 5.91 Å². The second kappa shape index (κ2) is 10.3. The van der Waals surface area contributed by atoms with Crippen LogP contribution in [0, 0.1) is 0 Å². The normalized spacial score (nSPS) is 10.4. The Hall–Kier alpha value is -1.55.